The lowest BCUT2D eigenvalue weighted by atomic mass is 9.93. The van der Waals surface area contributed by atoms with E-state index in [1.165, 1.54) is 11.1 Å². The molecule has 0 aliphatic heterocycles. The molecule has 0 aliphatic carbocycles. The molecule has 0 radical (unpaired) electrons. The summed E-state index contributed by atoms with van der Waals surface area (Å²) in [6.07, 6.45) is 0. The Bertz CT molecular complexity index is 578. The number of benzene rings is 2. The predicted molar refractivity (Wildman–Crippen MR) is 102 cm³/mol. The summed E-state index contributed by atoms with van der Waals surface area (Å²) in [4.78, 5) is 0. The van der Waals surface area contributed by atoms with Crippen molar-refractivity contribution in [1.82, 2.24) is 0 Å². The molecule has 0 spiro atoms. The molecule has 5 heteroatoms. The summed E-state index contributed by atoms with van der Waals surface area (Å²) >= 11 is 9.73. The lowest BCUT2D eigenvalue weighted by Crippen LogP contribution is -2.05. The van der Waals surface area contributed by atoms with Crippen molar-refractivity contribution in [2.75, 3.05) is 18.6 Å². The van der Waals surface area contributed by atoms with Gasteiger partial charge in [0.2, 0.25) is 0 Å². The zero-order chi connectivity index (χ0) is 15.4. The minimum Gasteiger partial charge on any atom is -0.497 e. The molecular formula is C16H15Br2IO2. The molecule has 0 N–H and O–H groups in total. The molecule has 0 bridgehead atoms. The standard InChI is InChI=1S/C16H15Br2IO2/c1-20-10-3-5-12(15(17)7-10)14(9-19)13-6-4-11(21-2)8-16(13)18/h3-8,14H,9H2,1-2H3. The lowest BCUT2D eigenvalue weighted by Gasteiger charge is -2.19. The summed E-state index contributed by atoms with van der Waals surface area (Å²) in [7, 11) is 3.36. The van der Waals surface area contributed by atoms with Crippen LogP contribution >= 0.6 is 54.5 Å². The molecule has 0 fully saturated rings. The fraction of sp³-hybridized carbons (Fsp3) is 0.250. The van der Waals surface area contributed by atoms with Gasteiger partial charge in [-0.05, 0) is 35.4 Å². The summed E-state index contributed by atoms with van der Waals surface area (Å²) in [6, 6.07) is 12.2. The SMILES string of the molecule is COc1ccc(C(CI)c2ccc(OC)cc2Br)c(Br)c1. The second kappa shape index (κ2) is 7.83. The summed E-state index contributed by atoms with van der Waals surface area (Å²) in [5, 5.41) is 0. The van der Waals surface area contributed by atoms with Crippen molar-refractivity contribution >= 4 is 54.5 Å². The molecular weight excluding hydrogens is 511 g/mol. The summed E-state index contributed by atoms with van der Waals surface area (Å²) in [5.41, 5.74) is 2.49. The highest BCUT2D eigenvalue weighted by molar-refractivity contribution is 14.1. The van der Waals surface area contributed by atoms with Gasteiger partial charge in [0.25, 0.3) is 0 Å². The van der Waals surface area contributed by atoms with Gasteiger partial charge in [0.1, 0.15) is 11.5 Å². The Kier molecular flexibility index (Phi) is 6.37. The Morgan fingerprint density at radius 1 is 0.905 bits per heavy atom. The minimum atomic E-state index is 0.297. The molecule has 0 saturated heterocycles. The van der Waals surface area contributed by atoms with Gasteiger partial charge in [-0.3, -0.25) is 0 Å². The zero-order valence-corrected chi connectivity index (χ0v) is 17.0. The lowest BCUT2D eigenvalue weighted by molar-refractivity contribution is 0.414. The molecule has 2 aromatic carbocycles. The van der Waals surface area contributed by atoms with E-state index < -0.39 is 0 Å². The van der Waals surface area contributed by atoms with Crippen molar-refractivity contribution in [2.45, 2.75) is 5.92 Å². The smallest absolute Gasteiger partial charge is 0.120 e. The predicted octanol–water partition coefficient (Wildman–Crippen LogP) is 5.80. The number of rotatable bonds is 5. The molecule has 0 aliphatic rings. The molecule has 0 unspecified atom stereocenters. The number of alkyl halides is 1. The van der Waals surface area contributed by atoms with Crippen LogP contribution in [-0.2, 0) is 0 Å². The first-order chi connectivity index (χ1) is 10.1. The maximum Gasteiger partial charge on any atom is 0.120 e. The molecule has 2 nitrogen and oxygen atoms in total. The van der Waals surface area contributed by atoms with Gasteiger partial charge in [-0.25, -0.2) is 0 Å². The van der Waals surface area contributed by atoms with Gasteiger partial charge in [-0.2, -0.15) is 0 Å². The van der Waals surface area contributed by atoms with Crippen LogP contribution in [0.5, 0.6) is 11.5 Å². The summed E-state index contributed by atoms with van der Waals surface area (Å²) in [5.74, 6) is 2.00. The van der Waals surface area contributed by atoms with Crippen LogP contribution in [0.4, 0.5) is 0 Å². The van der Waals surface area contributed by atoms with E-state index in [4.69, 9.17) is 9.47 Å². The highest BCUT2D eigenvalue weighted by Crippen LogP contribution is 2.38. The average Bonchev–Trinajstić information content (AvgIpc) is 2.50. The fourth-order valence-corrected chi connectivity index (χ4v) is 4.39. The molecule has 112 valence electrons. The molecule has 21 heavy (non-hydrogen) atoms. The van der Waals surface area contributed by atoms with Gasteiger partial charge in [0, 0.05) is 19.3 Å². The molecule has 0 saturated carbocycles. The van der Waals surface area contributed by atoms with Gasteiger partial charge in [-0.15, -0.1) is 0 Å². The van der Waals surface area contributed by atoms with E-state index in [0.717, 1.165) is 24.9 Å². The quantitative estimate of drug-likeness (QED) is 0.363. The Morgan fingerprint density at radius 2 is 1.33 bits per heavy atom. The van der Waals surface area contributed by atoms with Crippen LogP contribution in [0.3, 0.4) is 0 Å². The number of hydrogen-bond donors (Lipinski definition) is 0. The topological polar surface area (TPSA) is 18.5 Å². The van der Waals surface area contributed by atoms with Gasteiger partial charge < -0.3 is 9.47 Å². The van der Waals surface area contributed by atoms with E-state index in [1.807, 2.05) is 24.3 Å². The van der Waals surface area contributed by atoms with Crippen LogP contribution in [0.1, 0.15) is 17.0 Å². The Morgan fingerprint density at radius 3 is 1.62 bits per heavy atom. The third-order valence-electron chi connectivity index (χ3n) is 3.32. The normalized spacial score (nSPS) is 10.8. The third kappa shape index (κ3) is 3.93. The number of hydrogen-bond acceptors (Lipinski definition) is 2. The number of halogens is 3. The first-order valence-electron chi connectivity index (χ1n) is 6.33. The van der Waals surface area contributed by atoms with Gasteiger partial charge in [0.05, 0.1) is 14.2 Å². The highest BCUT2D eigenvalue weighted by atomic mass is 127. The van der Waals surface area contributed by atoms with Crippen LogP contribution in [0.25, 0.3) is 0 Å². The van der Waals surface area contributed by atoms with E-state index in [0.29, 0.717) is 5.92 Å². The van der Waals surface area contributed by atoms with Gasteiger partial charge in [0.15, 0.2) is 0 Å². The second-order valence-corrected chi connectivity index (χ2v) is 7.07. The monoisotopic (exact) mass is 524 g/mol. The van der Waals surface area contributed by atoms with Gasteiger partial charge in [-0.1, -0.05) is 66.6 Å². The first-order valence-corrected chi connectivity index (χ1v) is 9.44. The van der Waals surface area contributed by atoms with Crippen molar-refractivity contribution in [1.29, 1.82) is 0 Å². The highest BCUT2D eigenvalue weighted by Gasteiger charge is 2.19. The third-order valence-corrected chi connectivity index (χ3v) is 5.57. The molecule has 2 aromatic rings. The van der Waals surface area contributed by atoms with Crippen LogP contribution in [-0.4, -0.2) is 18.6 Å². The van der Waals surface area contributed by atoms with Crippen molar-refractivity contribution in [3.05, 3.63) is 56.5 Å². The second-order valence-electron chi connectivity index (χ2n) is 4.48. The zero-order valence-electron chi connectivity index (χ0n) is 11.7. The number of methoxy groups -OCH3 is 2. The summed E-state index contributed by atoms with van der Waals surface area (Å²) in [6.45, 7) is 0. The van der Waals surface area contributed by atoms with Crippen LogP contribution in [0, 0.1) is 0 Å². The van der Waals surface area contributed by atoms with Crippen molar-refractivity contribution in [3.8, 4) is 11.5 Å². The van der Waals surface area contributed by atoms with Crippen molar-refractivity contribution in [2.24, 2.45) is 0 Å². The van der Waals surface area contributed by atoms with E-state index in [1.54, 1.807) is 14.2 Å². The van der Waals surface area contributed by atoms with Gasteiger partial charge >= 0.3 is 0 Å². The Labute approximate surface area is 155 Å². The average molecular weight is 526 g/mol. The largest absolute Gasteiger partial charge is 0.497 e. The van der Waals surface area contributed by atoms with Crippen LogP contribution in [0.15, 0.2) is 45.3 Å². The van der Waals surface area contributed by atoms with Crippen molar-refractivity contribution < 1.29 is 9.47 Å². The van der Waals surface area contributed by atoms with E-state index in [9.17, 15) is 0 Å². The van der Waals surface area contributed by atoms with Crippen LogP contribution in [0.2, 0.25) is 0 Å². The summed E-state index contributed by atoms with van der Waals surface area (Å²) < 4.78 is 13.6. The minimum absolute atomic E-state index is 0.297. The van der Waals surface area contributed by atoms with Crippen molar-refractivity contribution in [3.63, 3.8) is 0 Å². The Balaban J connectivity index is 2.44. The molecule has 0 atom stereocenters. The number of ether oxygens (including phenoxy) is 2. The fourth-order valence-electron chi connectivity index (χ4n) is 2.17. The maximum atomic E-state index is 5.27. The Hall–Kier alpha value is -0.270. The molecule has 2 rings (SSSR count). The van der Waals surface area contributed by atoms with E-state index >= 15 is 0 Å². The molecule has 0 heterocycles. The molecule has 0 amide bonds. The molecule has 0 aromatic heterocycles. The van der Waals surface area contributed by atoms with E-state index in [-0.39, 0.29) is 0 Å². The maximum absolute atomic E-state index is 5.27. The van der Waals surface area contributed by atoms with Crippen LogP contribution < -0.4 is 9.47 Å². The van der Waals surface area contributed by atoms with E-state index in [2.05, 4.69) is 66.6 Å². The first kappa shape index (κ1) is 17.1.